The molecule has 1 aliphatic rings. The van der Waals surface area contributed by atoms with Gasteiger partial charge < -0.3 is 15.1 Å². The van der Waals surface area contributed by atoms with Crippen LogP contribution >= 0.6 is 0 Å². The zero-order chi connectivity index (χ0) is 16.8. The summed E-state index contributed by atoms with van der Waals surface area (Å²) in [5, 5.41) is 12.2. The van der Waals surface area contributed by atoms with Crippen molar-refractivity contribution in [3.8, 4) is 6.07 Å². The van der Waals surface area contributed by atoms with E-state index in [2.05, 4.69) is 22.2 Å². The van der Waals surface area contributed by atoms with Gasteiger partial charge in [-0.15, -0.1) is 0 Å². The first kappa shape index (κ1) is 17.0. The van der Waals surface area contributed by atoms with Crippen LogP contribution in [-0.4, -0.2) is 53.9 Å². The van der Waals surface area contributed by atoms with E-state index in [1.807, 2.05) is 25.1 Å². The van der Waals surface area contributed by atoms with Crippen LogP contribution in [0.2, 0.25) is 0 Å². The first-order chi connectivity index (χ1) is 11.0. The molecule has 1 fully saturated rings. The van der Waals surface area contributed by atoms with Gasteiger partial charge in [0.25, 0.3) is 5.91 Å². The molecule has 0 saturated carbocycles. The van der Waals surface area contributed by atoms with Gasteiger partial charge in [0.2, 0.25) is 0 Å². The Hall–Kier alpha value is -2.39. The summed E-state index contributed by atoms with van der Waals surface area (Å²) in [7, 11) is 3.85. The number of likely N-dealkylation sites (tertiary alicyclic amines) is 1. The molecule has 2 heterocycles. The van der Waals surface area contributed by atoms with Gasteiger partial charge in [0.05, 0.1) is 0 Å². The van der Waals surface area contributed by atoms with Crippen molar-refractivity contribution >= 4 is 11.7 Å². The summed E-state index contributed by atoms with van der Waals surface area (Å²) in [6, 6.07) is 7.73. The summed E-state index contributed by atoms with van der Waals surface area (Å²) in [4.78, 5) is 20.7. The number of nitriles is 1. The highest BCUT2D eigenvalue weighted by atomic mass is 16.2. The van der Waals surface area contributed by atoms with Crippen LogP contribution in [0, 0.1) is 18.3 Å². The van der Waals surface area contributed by atoms with Gasteiger partial charge in [0.15, 0.2) is 0 Å². The van der Waals surface area contributed by atoms with E-state index in [0.29, 0.717) is 5.82 Å². The summed E-state index contributed by atoms with van der Waals surface area (Å²) < 4.78 is 0. The zero-order valence-electron chi connectivity index (χ0n) is 13.9. The Morgan fingerprint density at radius 3 is 2.78 bits per heavy atom. The van der Waals surface area contributed by atoms with E-state index in [1.54, 1.807) is 18.0 Å². The Morgan fingerprint density at radius 1 is 1.48 bits per heavy atom. The summed E-state index contributed by atoms with van der Waals surface area (Å²) in [5.74, 6) is 0.370. The number of aryl methyl sites for hydroxylation is 1. The molecule has 122 valence electrons. The third-order valence-electron chi connectivity index (χ3n) is 4.16. The Labute approximate surface area is 137 Å². The standard InChI is InChI=1S/C17H23N5O/c1-13-5-4-6-16(20-13)19-12-14(11-18)17(23)22(3)15-7-9-21(2)10-8-15/h4-6,12,15H,7-10H2,1-3H3,(H,19,20)/b14-12-. The van der Waals surface area contributed by atoms with Gasteiger partial charge in [0, 0.05) is 25.0 Å². The van der Waals surface area contributed by atoms with Crippen molar-refractivity contribution in [2.75, 3.05) is 32.5 Å². The van der Waals surface area contributed by atoms with E-state index < -0.39 is 0 Å². The van der Waals surface area contributed by atoms with Crippen LogP contribution < -0.4 is 5.32 Å². The minimum atomic E-state index is -0.248. The number of nitrogens with zero attached hydrogens (tertiary/aromatic N) is 4. The number of likely N-dealkylation sites (N-methyl/N-ethyl adjacent to an activating group) is 1. The van der Waals surface area contributed by atoms with E-state index in [-0.39, 0.29) is 17.5 Å². The second-order valence-electron chi connectivity index (χ2n) is 5.93. The lowest BCUT2D eigenvalue weighted by Crippen LogP contribution is -2.44. The second kappa shape index (κ2) is 7.75. The summed E-state index contributed by atoms with van der Waals surface area (Å²) in [5.41, 5.74) is 0.964. The molecular formula is C17H23N5O. The minimum absolute atomic E-state index is 0.0923. The third-order valence-corrected chi connectivity index (χ3v) is 4.16. The average Bonchev–Trinajstić information content (AvgIpc) is 2.55. The lowest BCUT2D eigenvalue weighted by atomic mass is 10.0. The molecule has 23 heavy (non-hydrogen) atoms. The Kier molecular flexibility index (Phi) is 5.72. The number of carbonyl (C=O) groups is 1. The maximum absolute atomic E-state index is 12.5. The van der Waals surface area contributed by atoms with Crippen LogP contribution in [0.15, 0.2) is 30.0 Å². The minimum Gasteiger partial charge on any atom is -0.345 e. The summed E-state index contributed by atoms with van der Waals surface area (Å²) >= 11 is 0. The zero-order valence-corrected chi connectivity index (χ0v) is 13.9. The van der Waals surface area contributed by atoms with Crippen LogP contribution in [0.4, 0.5) is 5.82 Å². The molecule has 6 nitrogen and oxygen atoms in total. The van der Waals surface area contributed by atoms with Gasteiger partial charge in [-0.05, 0) is 52.0 Å². The van der Waals surface area contributed by atoms with Gasteiger partial charge in [-0.1, -0.05) is 6.07 Å². The van der Waals surface area contributed by atoms with Gasteiger partial charge in [0.1, 0.15) is 17.5 Å². The number of aromatic nitrogens is 1. The highest BCUT2D eigenvalue weighted by Crippen LogP contribution is 2.16. The molecule has 0 spiro atoms. The summed E-state index contributed by atoms with van der Waals surface area (Å²) in [6.45, 7) is 3.83. The monoisotopic (exact) mass is 313 g/mol. The summed E-state index contributed by atoms with van der Waals surface area (Å²) in [6.07, 6.45) is 3.31. The number of nitrogens with one attached hydrogen (secondary N) is 1. The van der Waals surface area contributed by atoms with Crippen LogP contribution in [0.25, 0.3) is 0 Å². The number of carbonyl (C=O) groups excluding carboxylic acids is 1. The number of amides is 1. The fraction of sp³-hybridized carbons (Fsp3) is 0.471. The molecule has 0 aromatic carbocycles. The van der Waals surface area contributed by atoms with Crippen molar-refractivity contribution in [2.24, 2.45) is 0 Å². The van der Waals surface area contributed by atoms with Crippen LogP contribution in [0.5, 0.6) is 0 Å². The predicted octanol–water partition coefficient (Wildman–Crippen LogP) is 1.76. The highest BCUT2D eigenvalue weighted by molar-refractivity contribution is 5.97. The van der Waals surface area contributed by atoms with E-state index >= 15 is 0 Å². The number of piperidine rings is 1. The smallest absolute Gasteiger partial charge is 0.266 e. The second-order valence-corrected chi connectivity index (χ2v) is 5.93. The van der Waals surface area contributed by atoms with E-state index in [4.69, 9.17) is 0 Å². The quantitative estimate of drug-likeness (QED) is 0.677. The number of hydrogen-bond donors (Lipinski definition) is 1. The van der Waals surface area contributed by atoms with Gasteiger partial charge in [-0.3, -0.25) is 4.79 Å². The largest absolute Gasteiger partial charge is 0.345 e. The molecule has 0 atom stereocenters. The van der Waals surface area contributed by atoms with Crippen molar-refractivity contribution in [3.05, 3.63) is 35.7 Å². The number of rotatable bonds is 4. The van der Waals surface area contributed by atoms with Crippen molar-refractivity contribution < 1.29 is 4.79 Å². The Bertz CT molecular complexity index is 626. The Morgan fingerprint density at radius 2 is 2.17 bits per heavy atom. The Balaban J connectivity index is 2.03. The molecule has 0 bridgehead atoms. The van der Waals surface area contributed by atoms with E-state index in [1.165, 1.54) is 6.20 Å². The van der Waals surface area contributed by atoms with E-state index in [9.17, 15) is 10.1 Å². The molecule has 1 aromatic rings. The first-order valence-electron chi connectivity index (χ1n) is 7.77. The molecule has 0 radical (unpaired) electrons. The third kappa shape index (κ3) is 4.54. The topological polar surface area (TPSA) is 72.3 Å². The fourth-order valence-electron chi connectivity index (χ4n) is 2.65. The lowest BCUT2D eigenvalue weighted by Gasteiger charge is -2.34. The first-order valence-corrected chi connectivity index (χ1v) is 7.77. The van der Waals surface area contributed by atoms with Gasteiger partial charge in [-0.2, -0.15) is 5.26 Å². The van der Waals surface area contributed by atoms with Gasteiger partial charge in [-0.25, -0.2) is 4.98 Å². The van der Waals surface area contributed by atoms with E-state index in [0.717, 1.165) is 31.6 Å². The molecule has 6 heteroatoms. The van der Waals surface area contributed by atoms with Crippen molar-refractivity contribution in [2.45, 2.75) is 25.8 Å². The molecule has 1 aromatic heterocycles. The highest BCUT2D eigenvalue weighted by Gasteiger charge is 2.25. The molecule has 1 amide bonds. The number of hydrogen-bond acceptors (Lipinski definition) is 5. The van der Waals surface area contributed by atoms with Crippen molar-refractivity contribution in [3.63, 3.8) is 0 Å². The molecular weight excluding hydrogens is 290 g/mol. The van der Waals surface area contributed by atoms with Crippen LogP contribution in [-0.2, 0) is 4.79 Å². The molecule has 2 rings (SSSR count). The normalized spacial score (nSPS) is 16.7. The van der Waals surface area contributed by atoms with Crippen LogP contribution in [0.1, 0.15) is 18.5 Å². The number of pyridine rings is 1. The molecule has 1 N–H and O–H groups in total. The molecule has 1 aliphatic heterocycles. The SMILES string of the molecule is Cc1cccc(N/C=C(/C#N)C(=O)N(C)C2CCN(C)CC2)n1. The average molecular weight is 313 g/mol. The number of anilines is 1. The molecule has 0 unspecified atom stereocenters. The van der Waals surface area contributed by atoms with Gasteiger partial charge >= 0.3 is 0 Å². The molecule has 0 aliphatic carbocycles. The fourth-order valence-corrected chi connectivity index (χ4v) is 2.65. The van der Waals surface area contributed by atoms with Crippen molar-refractivity contribution in [1.29, 1.82) is 5.26 Å². The van der Waals surface area contributed by atoms with Crippen LogP contribution in [0.3, 0.4) is 0 Å². The lowest BCUT2D eigenvalue weighted by molar-refractivity contribution is -0.128. The molecule has 1 saturated heterocycles. The predicted molar refractivity (Wildman–Crippen MR) is 89.6 cm³/mol. The maximum Gasteiger partial charge on any atom is 0.266 e. The maximum atomic E-state index is 12.5. The van der Waals surface area contributed by atoms with Crippen molar-refractivity contribution in [1.82, 2.24) is 14.8 Å².